The standard InChI is InChI=1S/C14H27N3O2S/c1-4-10-16(11-5-2)20(18,19)17-12-8-7-9-14(17)13-15-6-3/h4-5,14-15H,1-2,6-13H2,3H3. The molecule has 0 aromatic rings. The number of likely N-dealkylation sites (N-methyl/N-ethyl adjacent to an activating group) is 1. The van der Waals surface area contributed by atoms with E-state index in [0.717, 1.165) is 25.8 Å². The van der Waals surface area contributed by atoms with Crippen LogP contribution in [0.15, 0.2) is 25.3 Å². The first kappa shape index (κ1) is 17.4. The van der Waals surface area contributed by atoms with E-state index in [4.69, 9.17) is 0 Å². The zero-order chi connectivity index (χ0) is 15.0. The van der Waals surface area contributed by atoms with Gasteiger partial charge < -0.3 is 5.32 Å². The number of nitrogens with one attached hydrogen (secondary N) is 1. The molecular weight excluding hydrogens is 274 g/mol. The first-order valence-corrected chi connectivity index (χ1v) is 8.67. The van der Waals surface area contributed by atoms with Crippen LogP contribution >= 0.6 is 0 Å². The van der Waals surface area contributed by atoms with Crippen molar-refractivity contribution in [3.63, 3.8) is 0 Å². The van der Waals surface area contributed by atoms with Gasteiger partial charge in [0.05, 0.1) is 0 Å². The third-order valence-electron chi connectivity index (χ3n) is 3.49. The fourth-order valence-corrected chi connectivity index (χ4v) is 4.29. The molecule has 20 heavy (non-hydrogen) atoms. The molecule has 1 heterocycles. The number of nitrogens with zero attached hydrogens (tertiary/aromatic N) is 2. The molecule has 1 aliphatic rings. The summed E-state index contributed by atoms with van der Waals surface area (Å²) in [5, 5.41) is 3.26. The molecule has 1 fully saturated rings. The third-order valence-corrected chi connectivity index (χ3v) is 5.52. The number of hydrogen-bond acceptors (Lipinski definition) is 3. The van der Waals surface area contributed by atoms with Gasteiger partial charge in [-0.25, -0.2) is 0 Å². The number of rotatable bonds is 9. The van der Waals surface area contributed by atoms with Gasteiger partial charge >= 0.3 is 0 Å². The summed E-state index contributed by atoms with van der Waals surface area (Å²) >= 11 is 0. The van der Waals surface area contributed by atoms with Crippen molar-refractivity contribution >= 4 is 10.2 Å². The van der Waals surface area contributed by atoms with Crippen molar-refractivity contribution < 1.29 is 8.42 Å². The highest BCUT2D eigenvalue weighted by Gasteiger charge is 2.35. The topological polar surface area (TPSA) is 52.7 Å². The molecule has 0 saturated carbocycles. The summed E-state index contributed by atoms with van der Waals surface area (Å²) in [7, 11) is -3.44. The lowest BCUT2D eigenvalue weighted by molar-refractivity contribution is 0.231. The molecule has 0 bridgehead atoms. The molecule has 116 valence electrons. The second-order valence-corrected chi connectivity index (χ2v) is 6.85. The van der Waals surface area contributed by atoms with Gasteiger partial charge in [-0.1, -0.05) is 25.5 Å². The Labute approximate surface area is 123 Å². The maximum Gasteiger partial charge on any atom is 0.282 e. The van der Waals surface area contributed by atoms with E-state index >= 15 is 0 Å². The van der Waals surface area contributed by atoms with Crippen LogP contribution in [0.25, 0.3) is 0 Å². The van der Waals surface area contributed by atoms with Crippen molar-refractivity contribution in [2.24, 2.45) is 0 Å². The smallest absolute Gasteiger partial charge is 0.282 e. The Hall–Kier alpha value is -0.690. The Balaban J connectivity index is 2.89. The zero-order valence-corrected chi connectivity index (χ0v) is 13.2. The van der Waals surface area contributed by atoms with Gasteiger partial charge in [0.15, 0.2) is 0 Å². The van der Waals surface area contributed by atoms with Crippen molar-refractivity contribution in [2.75, 3.05) is 32.7 Å². The summed E-state index contributed by atoms with van der Waals surface area (Å²) in [6.07, 6.45) is 6.17. The van der Waals surface area contributed by atoms with Crippen LogP contribution in [0.5, 0.6) is 0 Å². The van der Waals surface area contributed by atoms with Gasteiger partial charge in [-0.15, -0.1) is 13.2 Å². The molecule has 5 nitrogen and oxygen atoms in total. The molecule has 0 aliphatic carbocycles. The summed E-state index contributed by atoms with van der Waals surface area (Å²) in [5.74, 6) is 0. The Morgan fingerprint density at radius 3 is 2.50 bits per heavy atom. The van der Waals surface area contributed by atoms with E-state index in [1.807, 2.05) is 6.92 Å². The van der Waals surface area contributed by atoms with Crippen molar-refractivity contribution in [3.05, 3.63) is 25.3 Å². The van der Waals surface area contributed by atoms with Crippen molar-refractivity contribution in [1.82, 2.24) is 13.9 Å². The van der Waals surface area contributed by atoms with Crippen LogP contribution in [-0.4, -0.2) is 55.8 Å². The molecule has 6 heteroatoms. The van der Waals surface area contributed by atoms with Crippen LogP contribution in [0.3, 0.4) is 0 Å². The number of hydrogen-bond donors (Lipinski definition) is 1. The summed E-state index contributed by atoms with van der Waals surface area (Å²) in [4.78, 5) is 0. The van der Waals surface area contributed by atoms with Crippen LogP contribution in [-0.2, 0) is 10.2 Å². The highest BCUT2D eigenvalue weighted by molar-refractivity contribution is 7.86. The normalized spacial score (nSPS) is 21.0. The maximum absolute atomic E-state index is 12.8. The molecule has 0 amide bonds. The van der Waals surface area contributed by atoms with Gasteiger partial charge in [-0.05, 0) is 19.4 Å². The Bertz CT molecular complexity index is 399. The van der Waals surface area contributed by atoms with E-state index in [-0.39, 0.29) is 6.04 Å². The van der Waals surface area contributed by atoms with Gasteiger partial charge in [0, 0.05) is 32.2 Å². The number of piperidine rings is 1. The van der Waals surface area contributed by atoms with Crippen LogP contribution < -0.4 is 5.32 Å². The first-order chi connectivity index (χ1) is 9.57. The molecule has 1 rings (SSSR count). The molecule has 1 aliphatic heterocycles. The monoisotopic (exact) mass is 301 g/mol. The summed E-state index contributed by atoms with van der Waals surface area (Å²) in [6.45, 7) is 12.1. The summed E-state index contributed by atoms with van der Waals surface area (Å²) in [5.41, 5.74) is 0. The van der Waals surface area contributed by atoms with Gasteiger partial charge in [-0.3, -0.25) is 0 Å². The molecule has 1 unspecified atom stereocenters. The Morgan fingerprint density at radius 2 is 1.95 bits per heavy atom. The molecule has 1 atom stereocenters. The second kappa shape index (κ2) is 8.56. The van der Waals surface area contributed by atoms with Gasteiger partial charge in [-0.2, -0.15) is 17.0 Å². The minimum atomic E-state index is -3.44. The van der Waals surface area contributed by atoms with E-state index in [2.05, 4.69) is 18.5 Å². The van der Waals surface area contributed by atoms with Crippen LogP contribution in [0, 0.1) is 0 Å². The van der Waals surface area contributed by atoms with E-state index in [0.29, 0.717) is 26.2 Å². The molecule has 0 radical (unpaired) electrons. The Kier molecular flexibility index (Phi) is 7.43. The van der Waals surface area contributed by atoms with Crippen molar-refractivity contribution in [3.8, 4) is 0 Å². The Morgan fingerprint density at radius 1 is 1.30 bits per heavy atom. The lowest BCUT2D eigenvalue weighted by atomic mass is 10.1. The molecule has 1 saturated heterocycles. The highest BCUT2D eigenvalue weighted by Crippen LogP contribution is 2.22. The van der Waals surface area contributed by atoms with Crippen LogP contribution in [0.4, 0.5) is 0 Å². The largest absolute Gasteiger partial charge is 0.315 e. The minimum Gasteiger partial charge on any atom is -0.315 e. The molecule has 0 spiro atoms. The quantitative estimate of drug-likeness (QED) is 0.654. The molecule has 1 N–H and O–H groups in total. The van der Waals surface area contributed by atoms with Gasteiger partial charge in [0.2, 0.25) is 0 Å². The van der Waals surface area contributed by atoms with E-state index in [1.54, 1.807) is 16.5 Å². The molecule has 0 aromatic heterocycles. The second-order valence-electron chi connectivity index (χ2n) is 4.97. The van der Waals surface area contributed by atoms with Crippen molar-refractivity contribution in [2.45, 2.75) is 32.2 Å². The maximum atomic E-state index is 12.8. The SMILES string of the molecule is C=CCN(CC=C)S(=O)(=O)N1CCCCC1CNCC. The summed E-state index contributed by atoms with van der Waals surface area (Å²) < 4.78 is 28.6. The van der Waals surface area contributed by atoms with Gasteiger partial charge in [0.1, 0.15) is 0 Å². The zero-order valence-electron chi connectivity index (χ0n) is 12.4. The predicted molar refractivity (Wildman–Crippen MR) is 83.8 cm³/mol. The average Bonchev–Trinajstić information content (AvgIpc) is 2.45. The van der Waals surface area contributed by atoms with Crippen LogP contribution in [0.2, 0.25) is 0 Å². The first-order valence-electron chi connectivity index (χ1n) is 7.27. The predicted octanol–water partition coefficient (Wildman–Crippen LogP) is 1.37. The fourth-order valence-electron chi connectivity index (χ4n) is 2.49. The molecule has 0 aromatic carbocycles. The van der Waals surface area contributed by atoms with E-state index < -0.39 is 10.2 Å². The highest BCUT2D eigenvalue weighted by atomic mass is 32.2. The lowest BCUT2D eigenvalue weighted by Crippen LogP contribution is -2.53. The fraction of sp³-hybridized carbons (Fsp3) is 0.714. The average molecular weight is 301 g/mol. The van der Waals surface area contributed by atoms with Crippen molar-refractivity contribution in [1.29, 1.82) is 0 Å². The lowest BCUT2D eigenvalue weighted by Gasteiger charge is -2.37. The summed E-state index contributed by atoms with van der Waals surface area (Å²) in [6, 6.07) is 0.0471. The molecular formula is C14H27N3O2S. The van der Waals surface area contributed by atoms with Gasteiger partial charge in [0.25, 0.3) is 10.2 Å². The van der Waals surface area contributed by atoms with Crippen LogP contribution in [0.1, 0.15) is 26.2 Å². The third kappa shape index (κ3) is 4.41. The van der Waals surface area contributed by atoms with E-state index in [1.165, 1.54) is 4.31 Å². The minimum absolute atomic E-state index is 0.0471. The van der Waals surface area contributed by atoms with E-state index in [9.17, 15) is 8.42 Å².